The summed E-state index contributed by atoms with van der Waals surface area (Å²) >= 11 is 0. The quantitative estimate of drug-likeness (QED) is 0.763. The minimum atomic E-state index is 0.0203. The molecule has 4 fully saturated rings. The molecule has 4 rings (SSSR count). The Hall–Kier alpha value is -0.650. The van der Waals surface area contributed by atoms with Crippen LogP contribution in [-0.2, 0) is 14.3 Å². The standard InChI is InChI=1S/C17H28N2O3/c1-18(2)12-3-8-22-17(9-12)4-6-19(7-5-17)16(20)15-13-10-21-11-14(13)15/h12-15H,3-11H2,1-2H3/t12?,13-,14+,15?. The minimum absolute atomic E-state index is 0.0203. The van der Waals surface area contributed by atoms with Gasteiger partial charge in [-0.3, -0.25) is 4.79 Å². The smallest absolute Gasteiger partial charge is 0.226 e. The van der Waals surface area contributed by atoms with E-state index in [0.717, 1.165) is 58.6 Å². The first-order chi connectivity index (χ1) is 10.6. The number of piperidine rings is 1. The van der Waals surface area contributed by atoms with Gasteiger partial charge in [-0.2, -0.15) is 0 Å². The van der Waals surface area contributed by atoms with Crippen LogP contribution in [0.4, 0.5) is 0 Å². The average molecular weight is 308 g/mol. The highest BCUT2D eigenvalue weighted by Gasteiger charge is 2.59. The van der Waals surface area contributed by atoms with Crippen molar-refractivity contribution < 1.29 is 14.3 Å². The van der Waals surface area contributed by atoms with E-state index >= 15 is 0 Å². The predicted molar refractivity (Wildman–Crippen MR) is 82.5 cm³/mol. The molecule has 0 bridgehead atoms. The Balaban J connectivity index is 1.33. The van der Waals surface area contributed by atoms with E-state index in [-0.39, 0.29) is 11.5 Å². The van der Waals surface area contributed by atoms with Crippen molar-refractivity contribution in [1.29, 1.82) is 0 Å². The Kier molecular flexibility index (Phi) is 3.70. The number of fused-ring (bicyclic) bond motifs is 1. The molecule has 2 unspecified atom stereocenters. The van der Waals surface area contributed by atoms with Gasteiger partial charge in [-0.05, 0) is 51.6 Å². The lowest BCUT2D eigenvalue weighted by molar-refractivity contribution is -0.149. The number of amides is 1. The Labute approximate surface area is 132 Å². The molecular formula is C17H28N2O3. The summed E-state index contributed by atoms with van der Waals surface area (Å²) in [6, 6.07) is 0.621. The SMILES string of the molecule is CN(C)C1CCOC2(CCN(C(=O)C3[C@H]4COC[C@@H]34)CC2)C1. The summed E-state index contributed by atoms with van der Waals surface area (Å²) in [7, 11) is 4.33. The normalized spacial score (nSPS) is 40.0. The lowest BCUT2D eigenvalue weighted by Gasteiger charge is -2.47. The maximum atomic E-state index is 12.6. The first-order valence-electron chi connectivity index (χ1n) is 8.77. The van der Waals surface area contributed by atoms with Crippen LogP contribution in [0.3, 0.4) is 0 Å². The van der Waals surface area contributed by atoms with Crippen LogP contribution in [0.25, 0.3) is 0 Å². The summed E-state index contributed by atoms with van der Waals surface area (Å²) in [5.74, 6) is 1.69. The third-order valence-electron chi connectivity index (χ3n) is 6.42. The van der Waals surface area contributed by atoms with E-state index in [2.05, 4.69) is 23.9 Å². The zero-order valence-electron chi connectivity index (χ0n) is 13.8. The van der Waals surface area contributed by atoms with E-state index in [1.54, 1.807) is 0 Å². The summed E-state index contributed by atoms with van der Waals surface area (Å²) in [6.07, 6.45) is 4.25. The van der Waals surface area contributed by atoms with Gasteiger partial charge in [0.15, 0.2) is 0 Å². The van der Waals surface area contributed by atoms with Crippen molar-refractivity contribution in [2.75, 3.05) is 47.0 Å². The Morgan fingerprint density at radius 1 is 1.18 bits per heavy atom. The van der Waals surface area contributed by atoms with Gasteiger partial charge in [0, 0.05) is 31.7 Å². The lowest BCUT2D eigenvalue weighted by Crippen LogP contribution is -2.54. The fraction of sp³-hybridized carbons (Fsp3) is 0.941. The van der Waals surface area contributed by atoms with Crippen LogP contribution in [0.15, 0.2) is 0 Å². The number of likely N-dealkylation sites (tertiary alicyclic amines) is 1. The molecule has 0 radical (unpaired) electrons. The molecule has 0 N–H and O–H groups in total. The second-order valence-electron chi connectivity index (χ2n) is 7.86. The number of carbonyl (C=O) groups is 1. The molecule has 124 valence electrons. The lowest BCUT2D eigenvalue weighted by atomic mass is 9.82. The first kappa shape index (κ1) is 14.9. The fourth-order valence-corrected chi connectivity index (χ4v) is 4.74. The molecule has 0 aromatic carbocycles. The van der Waals surface area contributed by atoms with Crippen molar-refractivity contribution in [3.63, 3.8) is 0 Å². The van der Waals surface area contributed by atoms with Gasteiger partial charge in [-0.1, -0.05) is 0 Å². The number of rotatable bonds is 2. The van der Waals surface area contributed by atoms with Crippen LogP contribution in [-0.4, -0.2) is 74.4 Å². The fourth-order valence-electron chi connectivity index (χ4n) is 4.74. The van der Waals surface area contributed by atoms with E-state index in [0.29, 0.717) is 23.8 Å². The molecule has 3 aliphatic heterocycles. The molecule has 4 aliphatic rings. The molecule has 0 aromatic heterocycles. The van der Waals surface area contributed by atoms with Crippen LogP contribution in [0.2, 0.25) is 0 Å². The second-order valence-corrected chi connectivity index (χ2v) is 7.86. The Morgan fingerprint density at radius 2 is 1.86 bits per heavy atom. The van der Waals surface area contributed by atoms with Gasteiger partial charge >= 0.3 is 0 Å². The molecule has 5 nitrogen and oxygen atoms in total. The van der Waals surface area contributed by atoms with Crippen LogP contribution in [0.5, 0.6) is 0 Å². The van der Waals surface area contributed by atoms with Crippen molar-refractivity contribution in [1.82, 2.24) is 9.80 Å². The van der Waals surface area contributed by atoms with Crippen LogP contribution in [0, 0.1) is 17.8 Å². The Morgan fingerprint density at radius 3 is 2.50 bits per heavy atom. The van der Waals surface area contributed by atoms with Gasteiger partial charge in [0.1, 0.15) is 0 Å². The van der Waals surface area contributed by atoms with E-state index in [9.17, 15) is 4.79 Å². The third kappa shape index (κ3) is 2.47. The predicted octanol–water partition coefficient (Wildman–Crippen LogP) is 0.981. The molecule has 1 spiro atoms. The summed E-state index contributed by atoms with van der Waals surface area (Å²) in [4.78, 5) is 17.1. The number of ether oxygens (including phenoxy) is 2. The summed E-state index contributed by atoms with van der Waals surface area (Å²) in [6.45, 7) is 4.20. The van der Waals surface area contributed by atoms with E-state index in [1.165, 1.54) is 0 Å². The van der Waals surface area contributed by atoms with Gasteiger partial charge in [0.2, 0.25) is 5.91 Å². The van der Waals surface area contributed by atoms with Crippen molar-refractivity contribution in [2.45, 2.75) is 37.3 Å². The number of carbonyl (C=O) groups excluding carboxylic acids is 1. The zero-order valence-corrected chi connectivity index (χ0v) is 13.8. The first-order valence-corrected chi connectivity index (χ1v) is 8.77. The van der Waals surface area contributed by atoms with Crippen molar-refractivity contribution >= 4 is 5.91 Å². The van der Waals surface area contributed by atoms with Gasteiger partial charge in [0.05, 0.1) is 18.8 Å². The highest BCUT2D eigenvalue weighted by molar-refractivity contribution is 5.82. The van der Waals surface area contributed by atoms with Crippen LogP contribution in [0.1, 0.15) is 25.7 Å². The minimum Gasteiger partial charge on any atom is -0.381 e. The van der Waals surface area contributed by atoms with Crippen molar-refractivity contribution in [3.8, 4) is 0 Å². The van der Waals surface area contributed by atoms with E-state index < -0.39 is 0 Å². The largest absolute Gasteiger partial charge is 0.381 e. The summed E-state index contributed by atoms with van der Waals surface area (Å²) < 4.78 is 11.6. The zero-order chi connectivity index (χ0) is 15.3. The molecule has 1 saturated carbocycles. The summed E-state index contributed by atoms with van der Waals surface area (Å²) in [5.41, 5.74) is 0.0203. The molecule has 4 atom stereocenters. The Bertz CT molecular complexity index is 435. The second kappa shape index (κ2) is 5.46. The van der Waals surface area contributed by atoms with Gasteiger partial charge in [0.25, 0.3) is 0 Å². The van der Waals surface area contributed by atoms with Crippen LogP contribution < -0.4 is 0 Å². The highest BCUT2D eigenvalue weighted by Crippen LogP contribution is 2.52. The van der Waals surface area contributed by atoms with Gasteiger partial charge in [-0.15, -0.1) is 0 Å². The summed E-state index contributed by atoms with van der Waals surface area (Å²) in [5, 5.41) is 0. The maximum absolute atomic E-state index is 12.6. The maximum Gasteiger partial charge on any atom is 0.226 e. The van der Waals surface area contributed by atoms with Crippen molar-refractivity contribution in [3.05, 3.63) is 0 Å². The topological polar surface area (TPSA) is 42.0 Å². The molecule has 3 saturated heterocycles. The molecule has 5 heteroatoms. The molecule has 1 amide bonds. The molecular weight excluding hydrogens is 280 g/mol. The number of hydrogen-bond donors (Lipinski definition) is 0. The number of nitrogens with zero attached hydrogens (tertiary/aromatic N) is 2. The monoisotopic (exact) mass is 308 g/mol. The van der Waals surface area contributed by atoms with Gasteiger partial charge < -0.3 is 19.3 Å². The van der Waals surface area contributed by atoms with Crippen molar-refractivity contribution in [2.24, 2.45) is 17.8 Å². The molecule has 3 heterocycles. The molecule has 22 heavy (non-hydrogen) atoms. The molecule has 1 aliphatic carbocycles. The van der Waals surface area contributed by atoms with Gasteiger partial charge in [-0.25, -0.2) is 0 Å². The van der Waals surface area contributed by atoms with Crippen LogP contribution >= 0.6 is 0 Å². The number of hydrogen-bond acceptors (Lipinski definition) is 4. The average Bonchev–Trinajstić information content (AvgIpc) is 2.99. The van der Waals surface area contributed by atoms with E-state index in [4.69, 9.17) is 9.47 Å². The highest BCUT2D eigenvalue weighted by atomic mass is 16.5. The third-order valence-corrected chi connectivity index (χ3v) is 6.42. The molecule has 0 aromatic rings. The van der Waals surface area contributed by atoms with E-state index in [1.807, 2.05) is 0 Å².